The van der Waals surface area contributed by atoms with Crippen molar-refractivity contribution in [3.63, 3.8) is 0 Å². The standard InChI is InChI=1S/C15H19N3O3/c1-5-9(2)14(19)16-12-8-11(6-7-13(12)20-4)15-18-17-10(3)21-15/h6-9H,5H2,1-4H3,(H,16,19). The van der Waals surface area contributed by atoms with Gasteiger partial charge in [0.1, 0.15) is 5.75 Å². The quantitative estimate of drug-likeness (QED) is 0.915. The Balaban J connectivity index is 2.32. The van der Waals surface area contributed by atoms with Crippen molar-refractivity contribution in [2.75, 3.05) is 12.4 Å². The van der Waals surface area contributed by atoms with Crippen molar-refractivity contribution in [2.24, 2.45) is 5.92 Å². The average Bonchev–Trinajstić information content (AvgIpc) is 2.92. The number of anilines is 1. The lowest BCUT2D eigenvalue weighted by atomic mass is 10.1. The predicted octanol–water partition coefficient (Wildman–Crippen LogP) is 3.04. The topological polar surface area (TPSA) is 77.3 Å². The third kappa shape index (κ3) is 3.39. The molecule has 1 amide bonds. The van der Waals surface area contributed by atoms with Crippen LogP contribution < -0.4 is 10.1 Å². The maximum absolute atomic E-state index is 12.0. The molecule has 0 fully saturated rings. The minimum absolute atomic E-state index is 0.0466. The van der Waals surface area contributed by atoms with Gasteiger partial charge in [-0.3, -0.25) is 4.79 Å². The first-order chi connectivity index (χ1) is 10.0. The van der Waals surface area contributed by atoms with Crippen LogP contribution in [0, 0.1) is 12.8 Å². The fourth-order valence-corrected chi connectivity index (χ4v) is 1.79. The molecule has 1 atom stereocenters. The van der Waals surface area contributed by atoms with Gasteiger partial charge in [0.25, 0.3) is 0 Å². The Kier molecular flexibility index (Phi) is 4.57. The first-order valence-corrected chi connectivity index (χ1v) is 6.84. The Morgan fingerprint density at radius 2 is 2.19 bits per heavy atom. The van der Waals surface area contributed by atoms with Crippen molar-refractivity contribution in [1.82, 2.24) is 10.2 Å². The van der Waals surface area contributed by atoms with E-state index in [1.165, 1.54) is 0 Å². The number of carbonyl (C=O) groups excluding carboxylic acids is 1. The molecule has 112 valence electrons. The Bertz CT molecular complexity index is 637. The highest BCUT2D eigenvalue weighted by Crippen LogP contribution is 2.30. The molecule has 1 N–H and O–H groups in total. The molecule has 1 unspecified atom stereocenters. The number of benzene rings is 1. The van der Waals surface area contributed by atoms with E-state index in [1.807, 2.05) is 19.9 Å². The number of hydrogen-bond donors (Lipinski definition) is 1. The van der Waals surface area contributed by atoms with E-state index >= 15 is 0 Å². The van der Waals surface area contributed by atoms with Gasteiger partial charge in [0.15, 0.2) is 0 Å². The molecule has 6 heteroatoms. The smallest absolute Gasteiger partial charge is 0.247 e. The van der Waals surface area contributed by atoms with Gasteiger partial charge < -0.3 is 14.5 Å². The van der Waals surface area contributed by atoms with E-state index in [0.717, 1.165) is 12.0 Å². The van der Waals surface area contributed by atoms with Crippen LogP contribution in [0.2, 0.25) is 0 Å². The predicted molar refractivity (Wildman–Crippen MR) is 79.1 cm³/mol. The lowest BCUT2D eigenvalue weighted by Gasteiger charge is -2.13. The van der Waals surface area contributed by atoms with Gasteiger partial charge in [-0.2, -0.15) is 0 Å². The monoisotopic (exact) mass is 289 g/mol. The van der Waals surface area contributed by atoms with Crippen LogP contribution in [-0.4, -0.2) is 23.2 Å². The zero-order chi connectivity index (χ0) is 15.4. The normalized spacial score (nSPS) is 12.0. The molecule has 2 rings (SSSR count). The van der Waals surface area contributed by atoms with Crippen molar-refractivity contribution >= 4 is 11.6 Å². The van der Waals surface area contributed by atoms with E-state index in [0.29, 0.717) is 23.2 Å². The fraction of sp³-hybridized carbons (Fsp3) is 0.400. The van der Waals surface area contributed by atoms with Crippen LogP contribution in [-0.2, 0) is 4.79 Å². The zero-order valence-electron chi connectivity index (χ0n) is 12.6. The number of nitrogens with zero attached hydrogens (tertiary/aromatic N) is 2. The van der Waals surface area contributed by atoms with Crippen molar-refractivity contribution < 1.29 is 13.9 Å². The molecule has 1 heterocycles. The van der Waals surface area contributed by atoms with Gasteiger partial charge in [-0.05, 0) is 24.6 Å². The van der Waals surface area contributed by atoms with Gasteiger partial charge in [-0.1, -0.05) is 13.8 Å². The summed E-state index contributed by atoms with van der Waals surface area (Å²) in [6.45, 7) is 5.58. The minimum atomic E-state index is -0.0657. The molecule has 21 heavy (non-hydrogen) atoms. The number of carbonyl (C=O) groups is 1. The fourth-order valence-electron chi connectivity index (χ4n) is 1.79. The number of ether oxygens (including phenoxy) is 1. The lowest BCUT2D eigenvalue weighted by molar-refractivity contribution is -0.119. The van der Waals surface area contributed by atoms with E-state index in [4.69, 9.17) is 9.15 Å². The van der Waals surface area contributed by atoms with Gasteiger partial charge in [0.05, 0.1) is 12.8 Å². The van der Waals surface area contributed by atoms with E-state index in [9.17, 15) is 4.79 Å². The highest BCUT2D eigenvalue weighted by molar-refractivity contribution is 5.94. The van der Waals surface area contributed by atoms with Crippen molar-refractivity contribution in [3.8, 4) is 17.2 Å². The molecule has 0 aliphatic rings. The number of rotatable bonds is 5. The molecule has 1 aromatic carbocycles. The Morgan fingerprint density at radius 1 is 1.43 bits per heavy atom. The van der Waals surface area contributed by atoms with E-state index in [2.05, 4.69) is 15.5 Å². The van der Waals surface area contributed by atoms with Crippen LogP contribution in [0.15, 0.2) is 22.6 Å². The Morgan fingerprint density at radius 3 is 2.76 bits per heavy atom. The van der Waals surface area contributed by atoms with Gasteiger partial charge in [-0.15, -0.1) is 10.2 Å². The molecule has 0 radical (unpaired) electrons. The first kappa shape index (κ1) is 15.0. The second-order valence-electron chi connectivity index (χ2n) is 4.84. The molecule has 6 nitrogen and oxygen atoms in total. The van der Waals surface area contributed by atoms with Gasteiger partial charge in [0.2, 0.25) is 17.7 Å². The van der Waals surface area contributed by atoms with Crippen LogP contribution >= 0.6 is 0 Å². The van der Waals surface area contributed by atoms with Crippen LogP contribution in [0.4, 0.5) is 5.69 Å². The molecule has 0 spiro atoms. The molecule has 0 bridgehead atoms. The number of aromatic nitrogens is 2. The first-order valence-electron chi connectivity index (χ1n) is 6.84. The SMILES string of the molecule is CCC(C)C(=O)Nc1cc(-c2nnc(C)o2)ccc1OC. The summed E-state index contributed by atoms with van der Waals surface area (Å²) in [4.78, 5) is 12.0. The summed E-state index contributed by atoms with van der Waals surface area (Å²) in [7, 11) is 1.56. The summed E-state index contributed by atoms with van der Waals surface area (Å²) < 4.78 is 10.7. The van der Waals surface area contributed by atoms with E-state index in [-0.39, 0.29) is 11.8 Å². The summed E-state index contributed by atoms with van der Waals surface area (Å²) in [5.74, 6) is 1.38. The number of amides is 1. The van der Waals surface area contributed by atoms with E-state index in [1.54, 1.807) is 26.2 Å². The summed E-state index contributed by atoms with van der Waals surface area (Å²) in [5, 5.41) is 10.7. The Labute approximate surface area is 123 Å². The van der Waals surface area contributed by atoms with Crippen molar-refractivity contribution in [1.29, 1.82) is 0 Å². The number of methoxy groups -OCH3 is 1. The van der Waals surface area contributed by atoms with Crippen LogP contribution in [0.5, 0.6) is 5.75 Å². The molecule has 1 aromatic heterocycles. The van der Waals surface area contributed by atoms with Crippen LogP contribution in [0.25, 0.3) is 11.5 Å². The lowest BCUT2D eigenvalue weighted by Crippen LogP contribution is -2.20. The largest absolute Gasteiger partial charge is 0.495 e. The molecule has 0 saturated heterocycles. The molecular weight excluding hydrogens is 270 g/mol. The summed E-state index contributed by atoms with van der Waals surface area (Å²) >= 11 is 0. The van der Waals surface area contributed by atoms with Crippen molar-refractivity contribution in [3.05, 3.63) is 24.1 Å². The maximum atomic E-state index is 12.0. The highest BCUT2D eigenvalue weighted by Gasteiger charge is 2.15. The molecular formula is C15H19N3O3. The average molecular weight is 289 g/mol. The van der Waals surface area contributed by atoms with E-state index < -0.39 is 0 Å². The second-order valence-corrected chi connectivity index (χ2v) is 4.84. The zero-order valence-corrected chi connectivity index (χ0v) is 12.6. The summed E-state index contributed by atoms with van der Waals surface area (Å²) in [6, 6.07) is 5.35. The minimum Gasteiger partial charge on any atom is -0.495 e. The van der Waals surface area contributed by atoms with Gasteiger partial charge >= 0.3 is 0 Å². The van der Waals surface area contributed by atoms with Crippen LogP contribution in [0.3, 0.4) is 0 Å². The second kappa shape index (κ2) is 6.39. The van der Waals surface area contributed by atoms with Gasteiger partial charge in [0, 0.05) is 18.4 Å². The molecule has 0 aliphatic carbocycles. The summed E-state index contributed by atoms with van der Waals surface area (Å²) in [5.41, 5.74) is 1.33. The third-order valence-corrected chi connectivity index (χ3v) is 3.29. The molecule has 0 aliphatic heterocycles. The number of nitrogens with one attached hydrogen (secondary N) is 1. The van der Waals surface area contributed by atoms with Crippen LogP contribution in [0.1, 0.15) is 26.2 Å². The Hall–Kier alpha value is -2.37. The number of hydrogen-bond acceptors (Lipinski definition) is 5. The molecule has 0 saturated carbocycles. The van der Waals surface area contributed by atoms with Gasteiger partial charge in [-0.25, -0.2) is 0 Å². The number of aryl methyl sites for hydroxylation is 1. The van der Waals surface area contributed by atoms with Crippen molar-refractivity contribution in [2.45, 2.75) is 27.2 Å². The highest BCUT2D eigenvalue weighted by atomic mass is 16.5. The molecule has 2 aromatic rings. The summed E-state index contributed by atoms with van der Waals surface area (Å²) in [6.07, 6.45) is 0.774. The third-order valence-electron chi connectivity index (χ3n) is 3.29. The maximum Gasteiger partial charge on any atom is 0.247 e.